The van der Waals surface area contributed by atoms with E-state index in [4.69, 9.17) is 4.74 Å². The van der Waals surface area contributed by atoms with Gasteiger partial charge in [0.1, 0.15) is 5.75 Å². The maximum Gasteiger partial charge on any atom is 0.573 e. The summed E-state index contributed by atoms with van der Waals surface area (Å²) in [6, 6.07) is 4.21. The molecule has 1 unspecified atom stereocenters. The molecule has 1 atom stereocenters. The average molecular weight is 317 g/mol. The van der Waals surface area contributed by atoms with Crippen molar-refractivity contribution in [2.24, 2.45) is 0 Å². The van der Waals surface area contributed by atoms with E-state index in [1.807, 2.05) is 0 Å². The Labute approximate surface area is 122 Å². The Balaban J connectivity index is 2.16. The van der Waals surface area contributed by atoms with Crippen LogP contribution in [0.4, 0.5) is 18.9 Å². The van der Waals surface area contributed by atoms with Crippen LogP contribution in [-0.4, -0.2) is 30.2 Å². The number of ether oxygens (including phenoxy) is 2. The molecule has 1 aliphatic rings. The Morgan fingerprint density at radius 1 is 1.23 bits per heavy atom. The standard InChI is InChI=1S/C13H10F3NO5/c1-7(18)21-10-6-11(19)17(12(10)20)8-2-4-9(5-3-8)22-13(14,15)16/h2-5,10H,6H2,1H3. The minimum Gasteiger partial charge on any atom is -0.452 e. The average Bonchev–Trinajstić information content (AvgIpc) is 2.63. The van der Waals surface area contributed by atoms with Gasteiger partial charge in [0.25, 0.3) is 5.91 Å². The molecule has 6 nitrogen and oxygen atoms in total. The highest BCUT2D eigenvalue weighted by Gasteiger charge is 2.41. The predicted octanol–water partition coefficient (Wildman–Crippen LogP) is 1.78. The molecule has 0 N–H and O–H groups in total. The van der Waals surface area contributed by atoms with Gasteiger partial charge >= 0.3 is 12.3 Å². The third-order valence-corrected chi connectivity index (χ3v) is 2.74. The lowest BCUT2D eigenvalue weighted by atomic mass is 10.3. The summed E-state index contributed by atoms with van der Waals surface area (Å²) in [7, 11) is 0. The molecule has 0 radical (unpaired) electrons. The van der Waals surface area contributed by atoms with Gasteiger partial charge in [0, 0.05) is 6.92 Å². The van der Waals surface area contributed by atoms with Crippen LogP contribution in [-0.2, 0) is 19.1 Å². The van der Waals surface area contributed by atoms with Gasteiger partial charge in [-0.25, -0.2) is 4.90 Å². The monoisotopic (exact) mass is 317 g/mol. The SMILES string of the molecule is CC(=O)OC1CC(=O)N(c2ccc(OC(F)(F)F)cc2)C1=O. The molecule has 1 saturated heterocycles. The smallest absolute Gasteiger partial charge is 0.452 e. The molecule has 22 heavy (non-hydrogen) atoms. The van der Waals surface area contributed by atoms with Crippen molar-refractivity contribution < 1.29 is 37.0 Å². The molecular weight excluding hydrogens is 307 g/mol. The van der Waals surface area contributed by atoms with Gasteiger partial charge < -0.3 is 9.47 Å². The Morgan fingerprint density at radius 3 is 2.32 bits per heavy atom. The molecule has 1 heterocycles. The van der Waals surface area contributed by atoms with E-state index in [1.165, 1.54) is 0 Å². The molecule has 0 bridgehead atoms. The van der Waals surface area contributed by atoms with Crippen LogP contribution >= 0.6 is 0 Å². The van der Waals surface area contributed by atoms with Crippen molar-refractivity contribution in [1.82, 2.24) is 0 Å². The second kappa shape index (κ2) is 5.66. The summed E-state index contributed by atoms with van der Waals surface area (Å²) in [5, 5.41) is 0. The number of hydrogen-bond donors (Lipinski definition) is 0. The summed E-state index contributed by atoms with van der Waals surface area (Å²) in [5.74, 6) is -2.54. The first-order valence-corrected chi connectivity index (χ1v) is 6.07. The summed E-state index contributed by atoms with van der Waals surface area (Å²) in [5.41, 5.74) is 0.0687. The molecule has 1 aromatic carbocycles. The highest BCUT2D eigenvalue weighted by Crippen LogP contribution is 2.28. The normalized spacial score (nSPS) is 18.5. The van der Waals surface area contributed by atoms with Crippen LogP contribution in [0.5, 0.6) is 5.75 Å². The van der Waals surface area contributed by atoms with Gasteiger partial charge in [0.05, 0.1) is 12.1 Å². The zero-order valence-electron chi connectivity index (χ0n) is 11.2. The van der Waals surface area contributed by atoms with Crippen molar-refractivity contribution in [1.29, 1.82) is 0 Å². The van der Waals surface area contributed by atoms with Crippen molar-refractivity contribution in [3.05, 3.63) is 24.3 Å². The first-order valence-electron chi connectivity index (χ1n) is 6.07. The zero-order chi connectivity index (χ0) is 16.5. The number of carbonyl (C=O) groups excluding carboxylic acids is 3. The molecule has 9 heteroatoms. The van der Waals surface area contributed by atoms with E-state index in [0.717, 1.165) is 36.1 Å². The number of esters is 1. The molecule has 0 saturated carbocycles. The molecular formula is C13H10F3NO5. The summed E-state index contributed by atoms with van der Waals surface area (Å²) >= 11 is 0. The van der Waals surface area contributed by atoms with Gasteiger partial charge in [-0.15, -0.1) is 13.2 Å². The quantitative estimate of drug-likeness (QED) is 0.627. The molecule has 1 aromatic rings. The predicted molar refractivity (Wildman–Crippen MR) is 65.8 cm³/mol. The van der Waals surface area contributed by atoms with E-state index >= 15 is 0 Å². The number of halogens is 3. The van der Waals surface area contributed by atoms with E-state index in [1.54, 1.807) is 0 Å². The fourth-order valence-electron chi connectivity index (χ4n) is 1.96. The minimum atomic E-state index is -4.83. The number of carbonyl (C=O) groups is 3. The highest BCUT2D eigenvalue weighted by molar-refractivity contribution is 6.22. The fraction of sp³-hybridized carbons (Fsp3) is 0.308. The van der Waals surface area contributed by atoms with E-state index < -0.39 is 36.0 Å². The zero-order valence-corrected chi connectivity index (χ0v) is 11.2. The summed E-state index contributed by atoms with van der Waals surface area (Å²) in [6.07, 6.45) is -6.35. The van der Waals surface area contributed by atoms with Crippen LogP contribution in [0.25, 0.3) is 0 Å². The maximum absolute atomic E-state index is 12.1. The van der Waals surface area contributed by atoms with Gasteiger partial charge in [-0.05, 0) is 24.3 Å². The van der Waals surface area contributed by atoms with E-state index in [9.17, 15) is 27.6 Å². The van der Waals surface area contributed by atoms with Crippen molar-refractivity contribution in [2.75, 3.05) is 4.90 Å². The Morgan fingerprint density at radius 2 is 1.82 bits per heavy atom. The lowest BCUT2D eigenvalue weighted by Gasteiger charge is -2.15. The van der Waals surface area contributed by atoms with Gasteiger partial charge in [-0.3, -0.25) is 14.4 Å². The third kappa shape index (κ3) is 3.54. The Kier molecular flexibility index (Phi) is 4.07. The van der Waals surface area contributed by atoms with Crippen molar-refractivity contribution in [3.8, 4) is 5.75 Å². The largest absolute Gasteiger partial charge is 0.573 e. The maximum atomic E-state index is 12.1. The summed E-state index contributed by atoms with van der Waals surface area (Å²) in [4.78, 5) is 35.4. The van der Waals surface area contributed by atoms with Gasteiger partial charge in [0.2, 0.25) is 5.91 Å². The molecule has 1 aliphatic heterocycles. The number of alkyl halides is 3. The Bertz CT molecular complexity index is 611. The lowest BCUT2D eigenvalue weighted by molar-refractivity contribution is -0.274. The lowest BCUT2D eigenvalue weighted by Crippen LogP contribution is -2.33. The van der Waals surface area contributed by atoms with Gasteiger partial charge in [-0.2, -0.15) is 0 Å². The molecule has 0 spiro atoms. The summed E-state index contributed by atoms with van der Waals surface area (Å²) in [6.45, 7) is 1.10. The van der Waals surface area contributed by atoms with Crippen molar-refractivity contribution in [3.63, 3.8) is 0 Å². The molecule has 0 aliphatic carbocycles. The molecule has 0 aromatic heterocycles. The number of anilines is 1. The van der Waals surface area contributed by atoms with E-state index in [-0.39, 0.29) is 12.1 Å². The third-order valence-electron chi connectivity index (χ3n) is 2.74. The van der Waals surface area contributed by atoms with Crippen molar-refractivity contribution >= 4 is 23.5 Å². The molecule has 2 amide bonds. The van der Waals surface area contributed by atoms with Crippen LogP contribution in [0.2, 0.25) is 0 Å². The Hall–Kier alpha value is -2.58. The van der Waals surface area contributed by atoms with E-state index in [2.05, 4.69) is 4.74 Å². The summed E-state index contributed by atoms with van der Waals surface area (Å²) < 4.78 is 44.6. The first-order chi connectivity index (χ1) is 10.2. The fourth-order valence-corrected chi connectivity index (χ4v) is 1.96. The highest BCUT2D eigenvalue weighted by atomic mass is 19.4. The number of amides is 2. The van der Waals surface area contributed by atoms with Crippen LogP contribution < -0.4 is 9.64 Å². The second-order valence-electron chi connectivity index (χ2n) is 4.41. The number of imide groups is 1. The van der Waals surface area contributed by atoms with Gasteiger partial charge in [0.15, 0.2) is 6.10 Å². The topological polar surface area (TPSA) is 72.9 Å². The van der Waals surface area contributed by atoms with E-state index in [0.29, 0.717) is 0 Å². The van der Waals surface area contributed by atoms with Crippen LogP contribution in [0.1, 0.15) is 13.3 Å². The molecule has 118 valence electrons. The molecule has 2 rings (SSSR count). The number of rotatable bonds is 3. The number of hydrogen-bond acceptors (Lipinski definition) is 5. The number of benzene rings is 1. The van der Waals surface area contributed by atoms with Crippen molar-refractivity contribution in [2.45, 2.75) is 25.8 Å². The first kappa shape index (κ1) is 15.8. The second-order valence-corrected chi connectivity index (χ2v) is 4.41. The van der Waals surface area contributed by atoms with Crippen LogP contribution in [0, 0.1) is 0 Å². The molecule has 1 fully saturated rings. The van der Waals surface area contributed by atoms with Gasteiger partial charge in [-0.1, -0.05) is 0 Å². The number of nitrogens with zero attached hydrogens (tertiary/aromatic N) is 1. The van der Waals surface area contributed by atoms with Crippen LogP contribution in [0.3, 0.4) is 0 Å². The minimum absolute atomic E-state index is 0.0687. The van der Waals surface area contributed by atoms with Crippen LogP contribution in [0.15, 0.2) is 24.3 Å².